The van der Waals surface area contributed by atoms with Crippen LogP contribution in [0.25, 0.3) is 0 Å². The van der Waals surface area contributed by atoms with Crippen LogP contribution in [0.5, 0.6) is 0 Å². The minimum atomic E-state index is -3.03. The standard InChI is InChI=1S/C8H17NO3S/c1-8-4-3-5-9(6-7-12-8)13(2,10)11/h8H,3-7H2,1-2H3. The maximum atomic E-state index is 11.2. The maximum absolute atomic E-state index is 11.2. The number of hydrogen-bond acceptors (Lipinski definition) is 3. The van der Waals surface area contributed by atoms with E-state index >= 15 is 0 Å². The highest BCUT2D eigenvalue weighted by molar-refractivity contribution is 7.88. The predicted molar refractivity (Wildman–Crippen MR) is 51.1 cm³/mol. The van der Waals surface area contributed by atoms with Crippen LogP contribution in [0, 0.1) is 0 Å². The Labute approximate surface area is 79.9 Å². The fourth-order valence-corrected chi connectivity index (χ4v) is 2.30. The Hall–Kier alpha value is -0.130. The summed E-state index contributed by atoms with van der Waals surface area (Å²) in [6, 6.07) is 0. The summed E-state index contributed by atoms with van der Waals surface area (Å²) >= 11 is 0. The maximum Gasteiger partial charge on any atom is 0.211 e. The quantitative estimate of drug-likeness (QED) is 0.627. The first-order valence-corrected chi connectivity index (χ1v) is 6.41. The summed E-state index contributed by atoms with van der Waals surface area (Å²) in [7, 11) is -3.03. The number of rotatable bonds is 1. The molecule has 1 aliphatic heterocycles. The van der Waals surface area contributed by atoms with Crippen LogP contribution in [0.2, 0.25) is 0 Å². The van der Waals surface area contributed by atoms with Crippen molar-refractivity contribution >= 4 is 10.0 Å². The first kappa shape index (κ1) is 10.9. The number of nitrogens with zero attached hydrogens (tertiary/aromatic N) is 1. The van der Waals surface area contributed by atoms with Crippen molar-refractivity contribution < 1.29 is 13.2 Å². The van der Waals surface area contributed by atoms with Gasteiger partial charge in [0, 0.05) is 13.1 Å². The Balaban J connectivity index is 2.51. The fraction of sp³-hybridized carbons (Fsp3) is 1.00. The van der Waals surface area contributed by atoms with Crippen molar-refractivity contribution in [2.75, 3.05) is 26.0 Å². The van der Waals surface area contributed by atoms with Gasteiger partial charge < -0.3 is 4.74 Å². The summed E-state index contributed by atoms with van der Waals surface area (Å²) in [5, 5.41) is 0. The molecule has 1 saturated heterocycles. The smallest absolute Gasteiger partial charge is 0.211 e. The molecule has 1 heterocycles. The number of ether oxygens (including phenoxy) is 1. The normalized spacial score (nSPS) is 28.0. The third-order valence-corrected chi connectivity index (χ3v) is 3.53. The molecule has 1 atom stereocenters. The van der Waals surface area contributed by atoms with E-state index in [2.05, 4.69) is 0 Å². The van der Waals surface area contributed by atoms with Gasteiger partial charge in [-0.05, 0) is 19.8 Å². The lowest BCUT2D eigenvalue weighted by Gasteiger charge is -2.24. The zero-order valence-corrected chi connectivity index (χ0v) is 9.01. The monoisotopic (exact) mass is 207 g/mol. The highest BCUT2D eigenvalue weighted by atomic mass is 32.2. The van der Waals surface area contributed by atoms with Gasteiger partial charge in [0.25, 0.3) is 0 Å². The minimum absolute atomic E-state index is 0.265. The zero-order valence-electron chi connectivity index (χ0n) is 8.19. The molecule has 0 aromatic heterocycles. The Morgan fingerprint density at radius 3 is 2.69 bits per heavy atom. The zero-order chi connectivity index (χ0) is 9.90. The van der Waals surface area contributed by atoms with E-state index in [9.17, 15) is 8.42 Å². The van der Waals surface area contributed by atoms with E-state index in [1.54, 1.807) is 0 Å². The summed E-state index contributed by atoms with van der Waals surface area (Å²) in [4.78, 5) is 0. The van der Waals surface area contributed by atoms with E-state index in [0.29, 0.717) is 19.7 Å². The van der Waals surface area contributed by atoms with Crippen molar-refractivity contribution in [3.05, 3.63) is 0 Å². The first-order valence-electron chi connectivity index (χ1n) is 4.57. The predicted octanol–water partition coefficient (Wildman–Crippen LogP) is 0.447. The van der Waals surface area contributed by atoms with E-state index < -0.39 is 10.0 Å². The molecular formula is C8H17NO3S. The minimum Gasteiger partial charge on any atom is -0.377 e. The summed E-state index contributed by atoms with van der Waals surface area (Å²) in [5.74, 6) is 0. The van der Waals surface area contributed by atoms with E-state index in [-0.39, 0.29) is 6.10 Å². The topological polar surface area (TPSA) is 46.6 Å². The molecule has 1 unspecified atom stereocenters. The van der Waals surface area contributed by atoms with Crippen molar-refractivity contribution in [1.29, 1.82) is 0 Å². The van der Waals surface area contributed by atoms with Crippen LogP contribution in [0.4, 0.5) is 0 Å². The number of sulfonamides is 1. The molecule has 0 aromatic carbocycles. The van der Waals surface area contributed by atoms with Crippen molar-refractivity contribution in [1.82, 2.24) is 4.31 Å². The van der Waals surface area contributed by atoms with Crippen LogP contribution in [0.1, 0.15) is 19.8 Å². The van der Waals surface area contributed by atoms with Gasteiger partial charge in [0.2, 0.25) is 10.0 Å². The fourth-order valence-electron chi connectivity index (χ4n) is 1.44. The molecule has 0 spiro atoms. The second kappa shape index (κ2) is 4.39. The van der Waals surface area contributed by atoms with Gasteiger partial charge in [0.1, 0.15) is 0 Å². The molecule has 5 heteroatoms. The molecule has 78 valence electrons. The Bertz CT molecular complexity index is 240. The molecule has 0 aromatic rings. The molecule has 0 radical (unpaired) electrons. The Kier molecular flexibility index (Phi) is 3.70. The molecule has 0 bridgehead atoms. The third-order valence-electron chi connectivity index (χ3n) is 2.23. The first-order chi connectivity index (χ1) is 6.00. The van der Waals surface area contributed by atoms with Gasteiger partial charge >= 0.3 is 0 Å². The molecule has 0 amide bonds. The second-order valence-corrected chi connectivity index (χ2v) is 5.47. The summed E-state index contributed by atoms with van der Waals surface area (Å²) in [6.45, 7) is 3.65. The van der Waals surface area contributed by atoms with Crippen LogP contribution in [-0.2, 0) is 14.8 Å². The highest BCUT2D eigenvalue weighted by Gasteiger charge is 2.18. The summed E-state index contributed by atoms with van der Waals surface area (Å²) in [5.41, 5.74) is 0. The van der Waals surface area contributed by atoms with Gasteiger partial charge in [-0.2, -0.15) is 4.31 Å². The van der Waals surface area contributed by atoms with Gasteiger partial charge in [-0.3, -0.25) is 0 Å². The lowest BCUT2D eigenvalue weighted by atomic mass is 10.2. The molecule has 1 fully saturated rings. The van der Waals surface area contributed by atoms with Gasteiger partial charge in [0.05, 0.1) is 19.0 Å². The largest absolute Gasteiger partial charge is 0.377 e. The molecule has 1 aliphatic rings. The van der Waals surface area contributed by atoms with Crippen molar-refractivity contribution in [3.8, 4) is 0 Å². The number of hydrogen-bond donors (Lipinski definition) is 0. The van der Waals surface area contributed by atoms with Gasteiger partial charge in [-0.1, -0.05) is 0 Å². The van der Waals surface area contributed by atoms with Crippen LogP contribution in [0.15, 0.2) is 0 Å². The van der Waals surface area contributed by atoms with Crippen LogP contribution < -0.4 is 0 Å². The van der Waals surface area contributed by atoms with E-state index in [4.69, 9.17) is 4.74 Å². The average molecular weight is 207 g/mol. The van der Waals surface area contributed by atoms with E-state index in [0.717, 1.165) is 12.8 Å². The summed E-state index contributed by atoms with van der Waals surface area (Å²) in [6.07, 6.45) is 3.33. The molecule has 0 aliphatic carbocycles. The molecule has 1 rings (SSSR count). The Morgan fingerprint density at radius 1 is 1.38 bits per heavy atom. The molecular weight excluding hydrogens is 190 g/mol. The molecule has 13 heavy (non-hydrogen) atoms. The lowest BCUT2D eigenvalue weighted by molar-refractivity contribution is 0.0405. The lowest BCUT2D eigenvalue weighted by Crippen LogP contribution is -2.36. The van der Waals surface area contributed by atoms with Crippen molar-refractivity contribution in [3.63, 3.8) is 0 Å². The molecule has 4 nitrogen and oxygen atoms in total. The van der Waals surface area contributed by atoms with Crippen molar-refractivity contribution in [2.45, 2.75) is 25.9 Å². The van der Waals surface area contributed by atoms with Gasteiger partial charge in [-0.15, -0.1) is 0 Å². The highest BCUT2D eigenvalue weighted by Crippen LogP contribution is 2.09. The molecule has 0 N–H and O–H groups in total. The van der Waals surface area contributed by atoms with Crippen LogP contribution >= 0.6 is 0 Å². The molecule has 0 saturated carbocycles. The Morgan fingerprint density at radius 2 is 2.08 bits per heavy atom. The average Bonchev–Trinajstić information content (AvgIpc) is 1.93. The summed E-state index contributed by atoms with van der Waals surface area (Å²) < 4.78 is 29.3. The van der Waals surface area contributed by atoms with Gasteiger partial charge in [0.15, 0.2) is 0 Å². The van der Waals surface area contributed by atoms with E-state index in [1.165, 1.54) is 10.6 Å². The van der Waals surface area contributed by atoms with Crippen LogP contribution in [-0.4, -0.2) is 44.8 Å². The van der Waals surface area contributed by atoms with Crippen LogP contribution in [0.3, 0.4) is 0 Å². The van der Waals surface area contributed by atoms with Gasteiger partial charge in [-0.25, -0.2) is 8.42 Å². The van der Waals surface area contributed by atoms with Crippen molar-refractivity contribution in [2.24, 2.45) is 0 Å². The second-order valence-electron chi connectivity index (χ2n) is 3.49. The third kappa shape index (κ3) is 3.62. The van der Waals surface area contributed by atoms with E-state index in [1.807, 2.05) is 6.92 Å². The SMILES string of the molecule is CC1CCCN(S(C)(=O)=O)CCO1.